The Morgan fingerprint density at radius 1 is 1.14 bits per heavy atom. The quantitative estimate of drug-likeness (QED) is 0.806. The van der Waals surface area contributed by atoms with Gasteiger partial charge in [-0.1, -0.05) is 5.16 Å². The number of hydrogen-bond acceptors (Lipinski definition) is 6. The number of rotatable bonds is 5. The van der Waals surface area contributed by atoms with Crippen molar-refractivity contribution in [3.05, 3.63) is 35.0 Å². The highest BCUT2D eigenvalue weighted by molar-refractivity contribution is 5.97. The predicted molar refractivity (Wildman–Crippen MR) is 99.7 cm³/mol. The van der Waals surface area contributed by atoms with Gasteiger partial charge in [0, 0.05) is 25.1 Å². The molecule has 2 aromatic rings. The van der Waals surface area contributed by atoms with E-state index in [0.29, 0.717) is 54.6 Å². The summed E-state index contributed by atoms with van der Waals surface area (Å²) in [6, 6.07) is 3.30. The van der Waals surface area contributed by atoms with Crippen molar-refractivity contribution in [3.63, 3.8) is 0 Å². The van der Waals surface area contributed by atoms with Gasteiger partial charge in [0.2, 0.25) is 11.8 Å². The van der Waals surface area contributed by atoms with Gasteiger partial charge in [-0.2, -0.15) is 0 Å². The van der Waals surface area contributed by atoms with E-state index >= 15 is 0 Å². The van der Waals surface area contributed by atoms with Crippen molar-refractivity contribution in [2.24, 2.45) is 5.92 Å². The summed E-state index contributed by atoms with van der Waals surface area (Å²) < 4.78 is 10.3. The van der Waals surface area contributed by atoms with E-state index in [4.69, 9.17) is 8.94 Å². The van der Waals surface area contributed by atoms with E-state index < -0.39 is 0 Å². The number of hydrogen-bond donors (Lipinski definition) is 2. The van der Waals surface area contributed by atoms with Gasteiger partial charge in [0.1, 0.15) is 17.3 Å². The van der Waals surface area contributed by atoms with E-state index in [0.717, 1.165) is 0 Å². The number of aryl methyl sites for hydroxylation is 3. The summed E-state index contributed by atoms with van der Waals surface area (Å²) in [6.45, 7) is 6.07. The van der Waals surface area contributed by atoms with Crippen LogP contribution < -0.4 is 10.6 Å². The second kappa shape index (κ2) is 8.28. The maximum atomic E-state index is 12.4. The minimum atomic E-state index is -0.333. The topological polar surface area (TPSA) is 118 Å². The fourth-order valence-electron chi connectivity index (χ4n) is 3.26. The molecule has 28 heavy (non-hydrogen) atoms. The van der Waals surface area contributed by atoms with Gasteiger partial charge < -0.3 is 24.5 Å². The lowest BCUT2D eigenvalue weighted by Gasteiger charge is -2.31. The van der Waals surface area contributed by atoms with Gasteiger partial charge in [-0.25, -0.2) is 0 Å². The van der Waals surface area contributed by atoms with E-state index in [-0.39, 0.29) is 30.2 Å². The summed E-state index contributed by atoms with van der Waals surface area (Å²) in [7, 11) is 0. The Bertz CT molecular complexity index is 877. The second-order valence-electron chi connectivity index (χ2n) is 6.98. The third-order valence-electron chi connectivity index (χ3n) is 4.78. The number of piperidine rings is 1. The number of nitrogens with zero attached hydrogens (tertiary/aromatic N) is 2. The zero-order valence-electron chi connectivity index (χ0n) is 16.2. The molecular formula is C19H24N4O5. The van der Waals surface area contributed by atoms with E-state index in [1.165, 1.54) is 0 Å². The molecule has 0 atom stereocenters. The molecule has 0 spiro atoms. The fraction of sp³-hybridized carbons (Fsp3) is 0.474. The molecule has 0 bridgehead atoms. The zero-order valence-corrected chi connectivity index (χ0v) is 16.2. The van der Waals surface area contributed by atoms with Crippen molar-refractivity contribution in [2.45, 2.75) is 33.6 Å². The molecule has 1 aliphatic rings. The molecule has 3 rings (SSSR count). The van der Waals surface area contributed by atoms with Gasteiger partial charge in [-0.15, -0.1) is 0 Å². The van der Waals surface area contributed by atoms with Gasteiger partial charge in [0.15, 0.2) is 5.82 Å². The van der Waals surface area contributed by atoms with E-state index in [9.17, 15) is 14.4 Å². The summed E-state index contributed by atoms with van der Waals surface area (Å²) in [4.78, 5) is 38.5. The number of carbonyl (C=O) groups excluding carboxylic acids is 3. The van der Waals surface area contributed by atoms with Crippen LogP contribution in [0.4, 0.5) is 5.82 Å². The minimum Gasteiger partial charge on any atom is -0.466 e. The van der Waals surface area contributed by atoms with Crippen LogP contribution in [-0.2, 0) is 9.59 Å². The predicted octanol–water partition coefficient (Wildman–Crippen LogP) is 1.80. The normalized spacial score (nSPS) is 14.8. The van der Waals surface area contributed by atoms with E-state index in [1.807, 2.05) is 0 Å². The van der Waals surface area contributed by atoms with Gasteiger partial charge in [0.05, 0.1) is 12.1 Å². The smallest absolute Gasteiger partial charge is 0.255 e. The van der Waals surface area contributed by atoms with Crippen LogP contribution in [0.25, 0.3) is 0 Å². The molecule has 9 nitrogen and oxygen atoms in total. The van der Waals surface area contributed by atoms with Gasteiger partial charge >= 0.3 is 0 Å². The van der Waals surface area contributed by atoms with Gasteiger partial charge in [-0.05, 0) is 39.7 Å². The zero-order chi connectivity index (χ0) is 20.3. The lowest BCUT2D eigenvalue weighted by molar-refractivity contribution is -0.133. The molecule has 0 aromatic carbocycles. The first-order valence-corrected chi connectivity index (χ1v) is 9.20. The molecule has 9 heteroatoms. The van der Waals surface area contributed by atoms with Crippen LogP contribution in [0.5, 0.6) is 0 Å². The van der Waals surface area contributed by atoms with Crippen LogP contribution >= 0.6 is 0 Å². The Balaban J connectivity index is 1.44. The summed E-state index contributed by atoms with van der Waals surface area (Å²) in [5.74, 6) is 1.38. The number of nitrogens with one attached hydrogen (secondary N) is 2. The average Bonchev–Trinajstić information content (AvgIpc) is 3.23. The Labute approximate surface area is 162 Å². The highest BCUT2D eigenvalue weighted by Gasteiger charge is 2.28. The van der Waals surface area contributed by atoms with E-state index in [2.05, 4.69) is 15.8 Å². The average molecular weight is 388 g/mol. The number of aromatic nitrogens is 1. The summed E-state index contributed by atoms with van der Waals surface area (Å²) >= 11 is 0. The standard InChI is InChI=1S/C19H24N4O5/c1-11-8-15(13(3)27-11)19(26)20-10-17(24)23-6-4-14(5-7-23)18(25)21-16-9-12(2)28-22-16/h8-9,14H,4-7,10H2,1-3H3,(H,20,26)(H,21,22,25). The third kappa shape index (κ3) is 4.59. The molecular weight excluding hydrogens is 364 g/mol. The van der Waals surface area contributed by atoms with Crippen LogP contribution in [0.3, 0.4) is 0 Å². The summed E-state index contributed by atoms with van der Waals surface area (Å²) in [5, 5.41) is 9.11. The Kier molecular flexibility index (Phi) is 5.81. The molecule has 3 amide bonds. The highest BCUT2D eigenvalue weighted by atomic mass is 16.5. The summed E-state index contributed by atoms with van der Waals surface area (Å²) in [5.41, 5.74) is 0.434. The van der Waals surface area contributed by atoms with E-state index in [1.54, 1.807) is 37.8 Å². The van der Waals surface area contributed by atoms with Crippen molar-refractivity contribution >= 4 is 23.5 Å². The number of carbonyl (C=O) groups is 3. The number of likely N-dealkylation sites (tertiary alicyclic amines) is 1. The highest BCUT2D eigenvalue weighted by Crippen LogP contribution is 2.20. The molecule has 150 valence electrons. The Hall–Kier alpha value is -3.10. The lowest BCUT2D eigenvalue weighted by Crippen LogP contribution is -2.45. The fourth-order valence-corrected chi connectivity index (χ4v) is 3.26. The van der Waals surface area contributed by atoms with Crippen molar-refractivity contribution in [1.29, 1.82) is 0 Å². The Morgan fingerprint density at radius 2 is 1.86 bits per heavy atom. The van der Waals surface area contributed by atoms with Crippen LogP contribution in [-0.4, -0.2) is 47.4 Å². The molecule has 1 fully saturated rings. The molecule has 0 saturated carbocycles. The third-order valence-corrected chi connectivity index (χ3v) is 4.78. The first-order valence-electron chi connectivity index (χ1n) is 9.20. The molecule has 0 unspecified atom stereocenters. The molecule has 1 aliphatic heterocycles. The van der Waals surface area contributed by atoms with Crippen LogP contribution in [0.2, 0.25) is 0 Å². The van der Waals surface area contributed by atoms with Crippen LogP contribution in [0.1, 0.15) is 40.5 Å². The summed E-state index contributed by atoms with van der Waals surface area (Å²) in [6.07, 6.45) is 1.12. The minimum absolute atomic E-state index is 0.0857. The lowest BCUT2D eigenvalue weighted by atomic mass is 9.96. The number of furan rings is 1. The Morgan fingerprint density at radius 3 is 2.43 bits per heavy atom. The largest absolute Gasteiger partial charge is 0.466 e. The van der Waals surface area contributed by atoms with Gasteiger partial charge in [-0.3, -0.25) is 14.4 Å². The van der Waals surface area contributed by atoms with Crippen molar-refractivity contribution in [3.8, 4) is 0 Å². The molecule has 2 N–H and O–H groups in total. The number of anilines is 1. The maximum Gasteiger partial charge on any atom is 0.255 e. The van der Waals surface area contributed by atoms with Crippen molar-refractivity contribution < 1.29 is 23.3 Å². The molecule has 0 aliphatic carbocycles. The van der Waals surface area contributed by atoms with Crippen LogP contribution in [0.15, 0.2) is 21.1 Å². The molecule has 1 saturated heterocycles. The molecule has 3 heterocycles. The first-order chi connectivity index (χ1) is 13.3. The van der Waals surface area contributed by atoms with Crippen molar-refractivity contribution in [1.82, 2.24) is 15.4 Å². The first kappa shape index (κ1) is 19.7. The monoisotopic (exact) mass is 388 g/mol. The molecule has 2 aromatic heterocycles. The molecule has 0 radical (unpaired) electrons. The SMILES string of the molecule is Cc1cc(NC(=O)C2CCN(C(=O)CNC(=O)c3cc(C)oc3C)CC2)no1. The number of amides is 3. The van der Waals surface area contributed by atoms with Gasteiger partial charge in [0.25, 0.3) is 5.91 Å². The van der Waals surface area contributed by atoms with Crippen LogP contribution in [0, 0.1) is 26.7 Å². The van der Waals surface area contributed by atoms with Crippen molar-refractivity contribution in [2.75, 3.05) is 25.0 Å². The maximum absolute atomic E-state index is 12.4. The second-order valence-corrected chi connectivity index (χ2v) is 6.98.